The zero-order chi connectivity index (χ0) is 17.5. The minimum Gasteiger partial charge on any atom is -0.338 e. The SMILES string of the molecule is CC1CC(C)CN(C(=O)NCCCC(=O)Nc2ccc(Cl)cc2)C1. The summed E-state index contributed by atoms with van der Waals surface area (Å²) >= 11 is 5.81. The van der Waals surface area contributed by atoms with Gasteiger partial charge in [0.25, 0.3) is 0 Å². The van der Waals surface area contributed by atoms with Crippen LogP contribution in [0.4, 0.5) is 10.5 Å². The molecule has 5 nitrogen and oxygen atoms in total. The number of anilines is 1. The lowest BCUT2D eigenvalue weighted by Crippen LogP contribution is -2.47. The molecule has 2 N–H and O–H groups in total. The lowest BCUT2D eigenvalue weighted by molar-refractivity contribution is -0.116. The first kappa shape index (κ1) is 18.6. The summed E-state index contributed by atoms with van der Waals surface area (Å²) in [4.78, 5) is 25.9. The number of likely N-dealkylation sites (tertiary alicyclic amines) is 1. The van der Waals surface area contributed by atoms with E-state index in [1.165, 1.54) is 6.42 Å². The molecule has 24 heavy (non-hydrogen) atoms. The van der Waals surface area contributed by atoms with Gasteiger partial charge < -0.3 is 15.5 Å². The van der Waals surface area contributed by atoms with Crippen LogP contribution in [0.25, 0.3) is 0 Å². The molecule has 0 aliphatic carbocycles. The number of carbonyl (C=O) groups is 2. The summed E-state index contributed by atoms with van der Waals surface area (Å²) in [6.45, 7) is 6.49. The maximum atomic E-state index is 12.2. The van der Waals surface area contributed by atoms with Crippen molar-refractivity contribution in [2.75, 3.05) is 25.0 Å². The lowest BCUT2D eigenvalue weighted by Gasteiger charge is -2.34. The van der Waals surface area contributed by atoms with Gasteiger partial charge in [-0.15, -0.1) is 0 Å². The lowest BCUT2D eigenvalue weighted by atomic mass is 9.92. The monoisotopic (exact) mass is 351 g/mol. The second-order valence-electron chi connectivity index (χ2n) is 6.74. The summed E-state index contributed by atoms with van der Waals surface area (Å²) < 4.78 is 0. The zero-order valence-corrected chi connectivity index (χ0v) is 15.1. The quantitative estimate of drug-likeness (QED) is 0.794. The van der Waals surface area contributed by atoms with Crippen LogP contribution in [0.5, 0.6) is 0 Å². The number of urea groups is 1. The highest BCUT2D eigenvalue weighted by Gasteiger charge is 2.24. The molecule has 1 saturated heterocycles. The van der Waals surface area contributed by atoms with Crippen LogP contribution in [0.1, 0.15) is 33.1 Å². The van der Waals surface area contributed by atoms with Crippen LogP contribution in [0, 0.1) is 11.8 Å². The third kappa shape index (κ3) is 6.04. The Morgan fingerprint density at radius 3 is 2.42 bits per heavy atom. The van der Waals surface area contributed by atoms with Crippen LogP contribution in [0.2, 0.25) is 5.02 Å². The van der Waals surface area contributed by atoms with Crippen molar-refractivity contribution in [2.45, 2.75) is 33.1 Å². The summed E-state index contributed by atoms with van der Waals surface area (Å²) in [5.41, 5.74) is 0.727. The molecule has 3 amide bonds. The summed E-state index contributed by atoms with van der Waals surface area (Å²) in [7, 11) is 0. The number of rotatable bonds is 5. The Balaban J connectivity index is 1.64. The van der Waals surface area contributed by atoms with Gasteiger partial charge in [-0.2, -0.15) is 0 Å². The molecule has 2 atom stereocenters. The molecular formula is C18H26ClN3O2. The van der Waals surface area contributed by atoms with E-state index >= 15 is 0 Å². The molecule has 0 aromatic heterocycles. The number of nitrogens with one attached hydrogen (secondary N) is 2. The van der Waals surface area contributed by atoms with E-state index in [0.717, 1.165) is 18.8 Å². The fourth-order valence-corrected chi connectivity index (χ4v) is 3.27. The number of hydrogen-bond acceptors (Lipinski definition) is 2. The molecule has 132 valence electrons. The first-order chi connectivity index (χ1) is 11.4. The molecular weight excluding hydrogens is 326 g/mol. The van der Waals surface area contributed by atoms with Gasteiger partial charge in [0.1, 0.15) is 0 Å². The Labute approximate surface area is 148 Å². The van der Waals surface area contributed by atoms with Gasteiger partial charge in [-0.1, -0.05) is 25.4 Å². The summed E-state index contributed by atoms with van der Waals surface area (Å²) in [5, 5.41) is 6.36. The molecule has 1 heterocycles. The topological polar surface area (TPSA) is 61.4 Å². The van der Waals surface area contributed by atoms with Crippen LogP contribution >= 0.6 is 11.6 Å². The molecule has 2 rings (SSSR count). The number of amides is 3. The molecule has 6 heteroatoms. The third-order valence-electron chi connectivity index (χ3n) is 4.14. The second-order valence-corrected chi connectivity index (χ2v) is 7.18. The Kier molecular flexibility index (Phi) is 6.91. The molecule has 0 spiro atoms. The molecule has 1 aromatic carbocycles. The number of benzene rings is 1. The molecule has 0 bridgehead atoms. The maximum Gasteiger partial charge on any atom is 0.317 e. The molecule has 1 aliphatic heterocycles. The van der Waals surface area contributed by atoms with E-state index in [-0.39, 0.29) is 11.9 Å². The van der Waals surface area contributed by atoms with E-state index in [4.69, 9.17) is 11.6 Å². The molecule has 1 aliphatic rings. The van der Waals surface area contributed by atoms with Crippen molar-refractivity contribution in [1.29, 1.82) is 0 Å². The first-order valence-electron chi connectivity index (χ1n) is 8.52. The summed E-state index contributed by atoms with van der Waals surface area (Å²) in [6.07, 6.45) is 2.16. The predicted molar refractivity (Wildman–Crippen MR) is 97.2 cm³/mol. The number of nitrogens with zero attached hydrogens (tertiary/aromatic N) is 1. The maximum absolute atomic E-state index is 12.2. The minimum atomic E-state index is -0.0632. The molecule has 0 saturated carbocycles. The van der Waals surface area contributed by atoms with Crippen molar-refractivity contribution in [3.8, 4) is 0 Å². The average Bonchev–Trinajstić information content (AvgIpc) is 2.52. The van der Waals surface area contributed by atoms with E-state index in [1.54, 1.807) is 24.3 Å². The van der Waals surface area contributed by atoms with Crippen LogP contribution in [0.15, 0.2) is 24.3 Å². The highest BCUT2D eigenvalue weighted by molar-refractivity contribution is 6.30. The van der Waals surface area contributed by atoms with Crippen LogP contribution in [-0.4, -0.2) is 36.5 Å². The first-order valence-corrected chi connectivity index (χ1v) is 8.90. The van der Waals surface area contributed by atoms with Crippen LogP contribution < -0.4 is 10.6 Å². The standard InChI is InChI=1S/C18H26ClN3O2/c1-13-10-14(2)12-22(11-13)18(24)20-9-3-4-17(23)21-16-7-5-15(19)6-8-16/h5-8,13-14H,3-4,9-12H2,1-2H3,(H,20,24)(H,21,23). The van der Waals surface area contributed by atoms with Crippen molar-refractivity contribution in [3.63, 3.8) is 0 Å². The van der Waals surface area contributed by atoms with E-state index in [0.29, 0.717) is 36.2 Å². The summed E-state index contributed by atoms with van der Waals surface area (Å²) in [6, 6.07) is 6.98. The Hall–Kier alpha value is -1.75. The summed E-state index contributed by atoms with van der Waals surface area (Å²) in [5.74, 6) is 1.03. The number of halogens is 1. The Morgan fingerprint density at radius 1 is 1.17 bits per heavy atom. The fourth-order valence-electron chi connectivity index (χ4n) is 3.14. The minimum absolute atomic E-state index is 0.0218. The van der Waals surface area contributed by atoms with Crippen molar-refractivity contribution in [2.24, 2.45) is 11.8 Å². The van der Waals surface area contributed by atoms with E-state index < -0.39 is 0 Å². The van der Waals surface area contributed by atoms with Gasteiger partial charge >= 0.3 is 6.03 Å². The van der Waals surface area contributed by atoms with Crippen LogP contribution in [0.3, 0.4) is 0 Å². The van der Waals surface area contributed by atoms with Gasteiger partial charge in [-0.25, -0.2) is 4.79 Å². The van der Waals surface area contributed by atoms with Crippen molar-refractivity contribution in [1.82, 2.24) is 10.2 Å². The number of hydrogen-bond donors (Lipinski definition) is 2. The zero-order valence-electron chi connectivity index (χ0n) is 14.3. The van der Waals surface area contributed by atoms with Gasteiger partial charge in [0, 0.05) is 36.8 Å². The average molecular weight is 352 g/mol. The van der Waals surface area contributed by atoms with Crippen molar-refractivity contribution < 1.29 is 9.59 Å². The van der Waals surface area contributed by atoms with Gasteiger partial charge in [0.2, 0.25) is 5.91 Å². The van der Waals surface area contributed by atoms with Gasteiger partial charge in [0.05, 0.1) is 0 Å². The van der Waals surface area contributed by atoms with Crippen molar-refractivity contribution in [3.05, 3.63) is 29.3 Å². The smallest absolute Gasteiger partial charge is 0.317 e. The van der Waals surface area contributed by atoms with E-state index in [2.05, 4.69) is 24.5 Å². The molecule has 0 radical (unpaired) electrons. The fraction of sp³-hybridized carbons (Fsp3) is 0.556. The Bertz CT molecular complexity index is 552. The largest absolute Gasteiger partial charge is 0.338 e. The highest BCUT2D eigenvalue weighted by atomic mass is 35.5. The highest BCUT2D eigenvalue weighted by Crippen LogP contribution is 2.20. The van der Waals surface area contributed by atoms with Gasteiger partial charge in [-0.05, 0) is 48.9 Å². The molecule has 1 fully saturated rings. The predicted octanol–water partition coefficient (Wildman–Crippen LogP) is 3.75. The Morgan fingerprint density at radius 2 is 1.79 bits per heavy atom. The molecule has 2 unspecified atom stereocenters. The van der Waals surface area contributed by atoms with E-state index in [1.807, 2.05) is 4.90 Å². The van der Waals surface area contributed by atoms with Gasteiger partial charge in [-0.3, -0.25) is 4.79 Å². The number of piperidine rings is 1. The van der Waals surface area contributed by atoms with Gasteiger partial charge in [0.15, 0.2) is 0 Å². The second kappa shape index (κ2) is 8.92. The molecule has 1 aromatic rings. The van der Waals surface area contributed by atoms with Crippen LogP contribution in [-0.2, 0) is 4.79 Å². The normalized spacial score (nSPS) is 20.5. The van der Waals surface area contributed by atoms with Crippen molar-refractivity contribution >= 4 is 29.2 Å². The third-order valence-corrected chi connectivity index (χ3v) is 4.39. The number of carbonyl (C=O) groups excluding carboxylic acids is 2. The van der Waals surface area contributed by atoms with E-state index in [9.17, 15) is 9.59 Å².